The van der Waals surface area contributed by atoms with E-state index in [4.69, 9.17) is 10.7 Å². The molecule has 0 atom stereocenters. The largest absolute Gasteiger partial charge is 0.404 e. The monoisotopic (exact) mass is 608 g/mol. The van der Waals surface area contributed by atoms with Crippen LogP contribution in [0.2, 0.25) is 0 Å². The van der Waals surface area contributed by atoms with Crippen LogP contribution in [-0.2, 0) is 0 Å². The van der Waals surface area contributed by atoms with Crippen molar-refractivity contribution in [3.63, 3.8) is 0 Å². The van der Waals surface area contributed by atoms with Crippen LogP contribution < -0.4 is 10.6 Å². The molecular formula is C43H36N4. The summed E-state index contributed by atoms with van der Waals surface area (Å²) in [6.45, 7) is 6.63. The summed E-state index contributed by atoms with van der Waals surface area (Å²) in [6.07, 6.45) is 24.2. The van der Waals surface area contributed by atoms with Crippen LogP contribution in [0.4, 0.5) is 11.4 Å². The topological polar surface area (TPSA) is 65.4 Å². The zero-order chi connectivity index (χ0) is 32.6. The number of hydrogen-bond acceptors (Lipinski definition) is 4. The first-order chi connectivity index (χ1) is 23.1. The molecule has 0 fully saturated rings. The van der Waals surface area contributed by atoms with Gasteiger partial charge >= 0.3 is 0 Å². The van der Waals surface area contributed by atoms with Crippen molar-refractivity contribution in [3.05, 3.63) is 186 Å². The van der Waals surface area contributed by atoms with Gasteiger partial charge in [0.1, 0.15) is 0 Å². The van der Waals surface area contributed by atoms with Crippen LogP contribution in [0, 0.1) is 11.3 Å². The molecular weight excluding hydrogens is 573 g/mol. The molecule has 0 unspecified atom stereocenters. The summed E-state index contributed by atoms with van der Waals surface area (Å²) in [6, 6.07) is 31.1. The average Bonchev–Trinajstić information content (AvgIpc) is 3.09. The van der Waals surface area contributed by atoms with Gasteiger partial charge in [-0.3, -0.25) is 4.99 Å². The zero-order valence-corrected chi connectivity index (χ0v) is 26.5. The molecule has 4 nitrogen and oxygen atoms in total. The maximum Gasteiger partial charge on any atom is 0.0991 e. The number of anilines is 2. The minimum Gasteiger partial charge on any atom is -0.404 e. The van der Waals surface area contributed by atoms with E-state index in [-0.39, 0.29) is 0 Å². The first kappa shape index (κ1) is 30.8. The molecule has 228 valence electrons. The molecule has 0 saturated heterocycles. The van der Waals surface area contributed by atoms with Crippen LogP contribution in [0.15, 0.2) is 158 Å². The van der Waals surface area contributed by atoms with Gasteiger partial charge in [0.05, 0.1) is 28.7 Å². The van der Waals surface area contributed by atoms with Gasteiger partial charge in [-0.25, -0.2) is 0 Å². The standard InChI is InChI=1S/C43H36N4/c1-3-4-5-18-41-39-28-34(21-20-33(39)15-8-10-24-46-41)35-22-23-43-38(27-35)31(2)13-9-11-25-47(43)42-19-7-6-17-37(42)40(30-45)36-16-12-14-32(26-36)29-44/h5-28,30H,2-4,45H2,1H3/b10-8?,13-9-,15-8-,18-5-,24-10-,25-11-,33-15?,40-30-,41-39?,46-24?,46-41+. The van der Waals surface area contributed by atoms with E-state index in [9.17, 15) is 5.26 Å². The number of benzene rings is 4. The molecule has 6 rings (SSSR count). The molecule has 0 aliphatic carbocycles. The van der Waals surface area contributed by atoms with Crippen LogP contribution in [-0.4, -0.2) is 5.71 Å². The molecule has 0 bridgehead atoms. The highest BCUT2D eigenvalue weighted by atomic mass is 15.1. The van der Waals surface area contributed by atoms with Crippen molar-refractivity contribution in [2.45, 2.75) is 19.8 Å². The van der Waals surface area contributed by atoms with Gasteiger partial charge in [0.25, 0.3) is 0 Å². The highest BCUT2D eigenvalue weighted by Crippen LogP contribution is 2.41. The summed E-state index contributed by atoms with van der Waals surface area (Å²) < 4.78 is 0. The molecule has 4 heteroatoms. The summed E-state index contributed by atoms with van der Waals surface area (Å²) in [7, 11) is 0. The SMILES string of the molecule is C=C1/C=C\C=C/N(c2ccccc2/C(=C\N)c2cccc(C#N)c2)c2ccc(-c3ccc4c(c3)C(/C=C\CCC)=N/C=C\C=C/4)cc21. The van der Waals surface area contributed by atoms with Crippen LogP contribution in [0.1, 0.15) is 53.1 Å². The second-order valence-corrected chi connectivity index (χ2v) is 11.3. The third-order valence-electron chi connectivity index (χ3n) is 8.25. The van der Waals surface area contributed by atoms with Gasteiger partial charge in [0.2, 0.25) is 0 Å². The lowest BCUT2D eigenvalue weighted by molar-refractivity contribution is 0.959. The fraction of sp³-hybridized carbons (Fsp3) is 0.0698. The highest BCUT2D eigenvalue weighted by molar-refractivity contribution is 6.12. The fourth-order valence-corrected chi connectivity index (χ4v) is 5.88. The van der Waals surface area contributed by atoms with Gasteiger partial charge < -0.3 is 10.6 Å². The molecule has 4 aromatic carbocycles. The van der Waals surface area contributed by atoms with Crippen molar-refractivity contribution in [1.29, 1.82) is 5.26 Å². The predicted octanol–water partition coefficient (Wildman–Crippen LogP) is 10.5. The van der Waals surface area contributed by atoms with Crippen molar-refractivity contribution < 1.29 is 0 Å². The van der Waals surface area contributed by atoms with Gasteiger partial charge in [0.15, 0.2) is 0 Å². The summed E-state index contributed by atoms with van der Waals surface area (Å²) >= 11 is 0. The van der Waals surface area contributed by atoms with Crippen molar-refractivity contribution in [2.75, 3.05) is 4.90 Å². The summed E-state index contributed by atoms with van der Waals surface area (Å²) in [5.41, 5.74) is 18.8. The quantitative estimate of drug-likeness (QED) is 0.227. The zero-order valence-electron chi connectivity index (χ0n) is 26.5. The molecule has 4 aromatic rings. The van der Waals surface area contributed by atoms with Crippen molar-refractivity contribution in [2.24, 2.45) is 10.7 Å². The molecule has 0 amide bonds. The van der Waals surface area contributed by atoms with E-state index in [0.717, 1.165) is 80.0 Å². The summed E-state index contributed by atoms with van der Waals surface area (Å²) in [5.74, 6) is 0. The van der Waals surface area contributed by atoms with Gasteiger partial charge in [0, 0.05) is 40.9 Å². The maximum atomic E-state index is 9.53. The molecule has 2 aliphatic heterocycles. The smallest absolute Gasteiger partial charge is 0.0991 e. The van der Waals surface area contributed by atoms with E-state index in [1.807, 2.05) is 66.9 Å². The predicted molar refractivity (Wildman–Crippen MR) is 199 cm³/mol. The van der Waals surface area contributed by atoms with E-state index >= 15 is 0 Å². The van der Waals surface area contributed by atoms with E-state index < -0.39 is 0 Å². The van der Waals surface area contributed by atoms with Gasteiger partial charge in [-0.15, -0.1) is 0 Å². The third kappa shape index (κ3) is 6.61. The molecule has 0 saturated carbocycles. The molecule has 2 heterocycles. The second kappa shape index (κ2) is 14.3. The number of allylic oxidation sites excluding steroid dienone is 8. The number of aliphatic imine (C=N–C) groups is 1. The Labute approximate surface area is 277 Å². The lowest BCUT2D eigenvalue weighted by Gasteiger charge is -2.28. The number of fused-ring (bicyclic) bond motifs is 2. The lowest BCUT2D eigenvalue weighted by atomic mass is 9.92. The number of nitrogens with two attached hydrogens (primary N) is 1. The molecule has 0 aromatic heterocycles. The molecule has 47 heavy (non-hydrogen) atoms. The molecule has 0 radical (unpaired) electrons. The average molecular weight is 609 g/mol. The Morgan fingerprint density at radius 1 is 0.872 bits per heavy atom. The Morgan fingerprint density at radius 2 is 1.68 bits per heavy atom. The number of rotatable bonds is 7. The minimum atomic E-state index is 0.584. The highest BCUT2D eigenvalue weighted by Gasteiger charge is 2.20. The second-order valence-electron chi connectivity index (χ2n) is 11.3. The number of hydrogen-bond donors (Lipinski definition) is 1. The summed E-state index contributed by atoms with van der Waals surface area (Å²) in [5, 5.41) is 9.53. The van der Waals surface area contributed by atoms with Crippen LogP contribution in [0.3, 0.4) is 0 Å². The van der Waals surface area contributed by atoms with Gasteiger partial charge in [-0.1, -0.05) is 98.8 Å². The van der Waals surface area contributed by atoms with E-state index in [1.165, 1.54) is 0 Å². The van der Waals surface area contributed by atoms with E-state index in [0.29, 0.717) is 5.56 Å². The van der Waals surface area contributed by atoms with Crippen LogP contribution in [0.5, 0.6) is 0 Å². The number of unbranched alkanes of at least 4 members (excludes halogenated alkanes) is 1. The van der Waals surface area contributed by atoms with Gasteiger partial charge in [-0.05, 0) is 88.9 Å². The van der Waals surface area contributed by atoms with Gasteiger partial charge in [-0.2, -0.15) is 5.26 Å². The maximum absolute atomic E-state index is 9.53. The Morgan fingerprint density at radius 3 is 2.51 bits per heavy atom. The van der Waals surface area contributed by atoms with Crippen molar-refractivity contribution in [1.82, 2.24) is 0 Å². The number of nitriles is 1. The first-order valence-electron chi connectivity index (χ1n) is 15.8. The summed E-state index contributed by atoms with van der Waals surface area (Å²) in [4.78, 5) is 6.95. The lowest BCUT2D eigenvalue weighted by Crippen LogP contribution is -2.14. The van der Waals surface area contributed by atoms with Crippen LogP contribution >= 0.6 is 0 Å². The Kier molecular flexibility index (Phi) is 9.37. The third-order valence-corrected chi connectivity index (χ3v) is 8.25. The Bertz CT molecular complexity index is 2090. The van der Waals surface area contributed by atoms with E-state index in [2.05, 4.69) is 97.4 Å². The van der Waals surface area contributed by atoms with E-state index in [1.54, 1.807) is 12.3 Å². The number of nitrogens with zero attached hydrogens (tertiary/aromatic N) is 3. The molecule has 0 spiro atoms. The Balaban J connectivity index is 1.45. The minimum absolute atomic E-state index is 0.584. The normalized spacial score (nSPS) is 18.0. The molecule has 2 aliphatic rings. The van der Waals surface area contributed by atoms with Crippen molar-refractivity contribution >= 4 is 34.3 Å². The first-order valence-corrected chi connectivity index (χ1v) is 15.8. The fourth-order valence-electron chi connectivity index (χ4n) is 5.88. The number of para-hydroxylation sites is 1. The molecule has 2 N–H and O–H groups in total. The Hall–Kier alpha value is -6.18. The van der Waals surface area contributed by atoms with Crippen LogP contribution in [0.25, 0.3) is 28.3 Å². The van der Waals surface area contributed by atoms with Crippen molar-refractivity contribution in [3.8, 4) is 17.2 Å².